The number of aromatic amines is 1. The number of nitrogens with one attached hydrogen (secondary N) is 4. The Balaban J connectivity index is 1.39. The van der Waals surface area contributed by atoms with E-state index in [0.29, 0.717) is 29.6 Å². The lowest BCUT2D eigenvalue weighted by atomic mass is 9.90. The number of halogens is 2. The summed E-state index contributed by atoms with van der Waals surface area (Å²) in [7, 11) is 1.52. The van der Waals surface area contributed by atoms with Gasteiger partial charge in [0.05, 0.1) is 35.3 Å². The molecule has 0 aliphatic carbocycles. The molecule has 4 rings (SSSR count). The topological polar surface area (TPSA) is 156 Å². The molecule has 2 heterocycles. The van der Waals surface area contributed by atoms with Crippen molar-refractivity contribution in [2.24, 2.45) is 5.92 Å². The number of esters is 1. The van der Waals surface area contributed by atoms with Crippen molar-refractivity contribution < 1.29 is 33.4 Å². The molecule has 0 spiro atoms. The van der Waals surface area contributed by atoms with Crippen molar-refractivity contribution in [2.75, 3.05) is 26.8 Å². The van der Waals surface area contributed by atoms with Crippen LogP contribution in [-0.2, 0) is 19.1 Å². The molecule has 216 valence electrons. The number of amides is 3. The third-order valence-electron chi connectivity index (χ3n) is 6.65. The van der Waals surface area contributed by atoms with Crippen molar-refractivity contribution in [3.05, 3.63) is 63.8 Å². The van der Waals surface area contributed by atoms with Gasteiger partial charge in [-0.2, -0.15) is 0 Å². The van der Waals surface area contributed by atoms with Gasteiger partial charge in [0.2, 0.25) is 11.8 Å². The second-order valence-corrected chi connectivity index (χ2v) is 10.2. The van der Waals surface area contributed by atoms with Crippen molar-refractivity contribution >= 4 is 63.6 Å². The number of rotatable bonds is 11. The summed E-state index contributed by atoms with van der Waals surface area (Å²) < 4.78 is 10.4. The lowest BCUT2D eigenvalue weighted by Gasteiger charge is -2.26. The summed E-state index contributed by atoms with van der Waals surface area (Å²) >= 11 is 12.1. The predicted octanol–water partition coefficient (Wildman–Crippen LogP) is 3.04. The van der Waals surface area contributed by atoms with E-state index in [0.717, 1.165) is 6.42 Å². The molecule has 13 heteroatoms. The Hall–Kier alpha value is -4.09. The maximum Gasteiger partial charge on any atom is 0.341 e. The predicted molar refractivity (Wildman–Crippen MR) is 151 cm³/mol. The number of piperidine rings is 1. The van der Waals surface area contributed by atoms with E-state index in [4.69, 9.17) is 32.7 Å². The summed E-state index contributed by atoms with van der Waals surface area (Å²) in [6.45, 7) is -0.605. The average Bonchev–Trinajstić information content (AvgIpc) is 3.40. The van der Waals surface area contributed by atoms with Crippen LogP contribution in [0, 0.1) is 5.92 Å². The molecule has 41 heavy (non-hydrogen) atoms. The number of carbonyl (C=O) groups excluding carboxylic acids is 5. The van der Waals surface area contributed by atoms with Gasteiger partial charge in [-0.15, -0.1) is 0 Å². The molecule has 1 fully saturated rings. The van der Waals surface area contributed by atoms with E-state index in [1.807, 2.05) is 0 Å². The standard InChI is InChI=1S/C28H28Cl2N4O7/c1-40-23-9-3-8-19-16(23)12-21(33-19)27(38)32-13-24(36)34-20(11-15-5-4-10-31-26(15)37)22(35)14-41-28(39)25-17(29)6-2-7-18(25)30/h2-3,6-9,12,15,20,33H,4-5,10-11,13-14H2,1H3,(H,31,37)(H,32,38)(H,34,36)/t15-,20-/m0/s1. The first-order chi connectivity index (χ1) is 19.7. The molecule has 1 saturated heterocycles. The lowest BCUT2D eigenvalue weighted by Crippen LogP contribution is -2.49. The molecule has 4 N–H and O–H groups in total. The second-order valence-electron chi connectivity index (χ2n) is 9.41. The molecule has 3 aromatic rings. The second kappa shape index (κ2) is 13.5. The van der Waals surface area contributed by atoms with Crippen LogP contribution in [0.5, 0.6) is 5.75 Å². The molecule has 0 unspecified atom stereocenters. The number of H-pyrrole nitrogens is 1. The molecular weight excluding hydrogens is 575 g/mol. The Morgan fingerprint density at radius 3 is 2.54 bits per heavy atom. The van der Waals surface area contributed by atoms with Gasteiger partial charge in [0.1, 0.15) is 11.4 Å². The molecule has 0 bridgehead atoms. The number of hydrogen-bond donors (Lipinski definition) is 4. The van der Waals surface area contributed by atoms with Gasteiger partial charge in [0.15, 0.2) is 12.4 Å². The average molecular weight is 603 g/mol. The zero-order chi connectivity index (χ0) is 29.5. The maximum atomic E-state index is 13.1. The minimum absolute atomic E-state index is 0.00341. The number of aromatic nitrogens is 1. The number of ketones is 1. The van der Waals surface area contributed by atoms with E-state index in [2.05, 4.69) is 20.9 Å². The normalized spacial score (nSPS) is 15.5. The summed E-state index contributed by atoms with van der Waals surface area (Å²) in [6, 6.07) is 10.2. The van der Waals surface area contributed by atoms with Gasteiger partial charge in [0.25, 0.3) is 5.91 Å². The number of Topliss-reactive ketones (excluding diaryl/α,β-unsaturated/α-hetero) is 1. The Bertz CT molecular complexity index is 1470. The van der Waals surface area contributed by atoms with E-state index >= 15 is 0 Å². The van der Waals surface area contributed by atoms with E-state index in [1.54, 1.807) is 30.3 Å². The van der Waals surface area contributed by atoms with Crippen LogP contribution in [0.25, 0.3) is 10.9 Å². The monoisotopic (exact) mass is 602 g/mol. The van der Waals surface area contributed by atoms with Crippen molar-refractivity contribution in [2.45, 2.75) is 25.3 Å². The highest BCUT2D eigenvalue weighted by molar-refractivity contribution is 6.39. The fourth-order valence-electron chi connectivity index (χ4n) is 4.55. The first kappa shape index (κ1) is 29.9. The van der Waals surface area contributed by atoms with Crippen LogP contribution in [-0.4, -0.2) is 67.3 Å². The zero-order valence-electron chi connectivity index (χ0n) is 22.1. The van der Waals surface area contributed by atoms with Crippen LogP contribution < -0.4 is 20.7 Å². The number of fused-ring (bicyclic) bond motifs is 1. The Morgan fingerprint density at radius 2 is 1.83 bits per heavy atom. The molecule has 0 radical (unpaired) electrons. The van der Waals surface area contributed by atoms with Gasteiger partial charge >= 0.3 is 5.97 Å². The highest BCUT2D eigenvalue weighted by Gasteiger charge is 2.31. The number of benzene rings is 2. The van der Waals surface area contributed by atoms with E-state index < -0.39 is 48.7 Å². The SMILES string of the molecule is COc1cccc2[nH]c(C(=O)NCC(=O)N[C@@H](C[C@@H]3CCCNC3=O)C(=O)COC(=O)c3c(Cl)cccc3Cl)cc12. The first-order valence-electron chi connectivity index (χ1n) is 12.8. The van der Waals surface area contributed by atoms with E-state index in [-0.39, 0.29) is 33.6 Å². The number of ether oxygens (including phenoxy) is 2. The van der Waals surface area contributed by atoms with Crippen molar-refractivity contribution in [1.82, 2.24) is 20.9 Å². The van der Waals surface area contributed by atoms with Crippen molar-refractivity contribution in [3.63, 3.8) is 0 Å². The molecule has 1 aromatic heterocycles. The number of carbonyl (C=O) groups is 5. The highest BCUT2D eigenvalue weighted by atomic mass is 35.5. The van der Waals surface area contributed by atoms with Gasteiger partial charge in [-0.05, 0) is 49.6 Å². The first-order valence-corrected chi connectivity index (χ1v) is 13.6. The summed E-state index contributed by atoms with van der Waals surface area (Å²) in [5.41, 5.74) is 0.810. The quantitative estimate of drug-likeness (QED) is 0.246. The van der Waals surface area contributed by atoms with Gasteiger partial charge in [0, 0.05) is 23.4 Å². The maximum absolute atomic E-state index is 13.1. The minimum Gasteiger partial charge on any atom is -0.496 e. The van der Waals surface area contributed by atoms with Crippen LogP contribution >= 0.6 is 23.2 Å². The van der Waals surface area contributed by atoms with Crippen molar-refractivity contribution in [1.29, 1.82) is 0 Å². The van der Waals surface area contributed by atoms with Crippen LogP contribution in [0.1, 0.15) is 40.1 Å². The number of hydrogen-bond acceptors (Lipinski definition) is 7. The Kier molecular flexibility index (Phi) is 9.85. The molecular formula is C28H28Cl2N4O7. The lowest BCUT2D eigenvalue weighted by molar-refractivity contribution is -0.132. The van der Waals surface area contributed by atoms with Gasteiger partial charge in [-0.3, -0.25) is 19.2 Å². The third kappa shape index (κ3) is 7.36. The largest absolute Gasteiger partial charge is 0.496 e. The summed E-state index contributed by atoms with van der Waals surface area (Å²) in [5, 5.41) is 8.64. The van der Waals surface area contributed by atoms with Crippen molar-refractivity contribution in [3.8, 4) is 5.75 Å². The summed E-state index contributed by atoms with van der Waals surface area (Å²) in [5.74, 6) is -2.92. The molecule has 0 saturated carbocycles. The third-order valence-corrected chi connectivity index (χ3v) is 7.28. The molecule has 2 aromatic carbocycles. The van der Waals surface area contributed by atoms with Crippen LogP contribution in [0.15, 0.2) is 42.5 Å². The number of methoxy groups -OCH3 is 1. The minimum atomic E-state index is -1.15. The molecule has 1 aliphatic heterocycles. The summed E-state index contributed by atoms with van der Waals surface area (Å²) in [6.07, 6.45) is 1.24. The van der Waals surface area contributed by atoms with Gasteiger partial charge in [-0.25, -0.2) is 4.79 Å². The van der Waals surface area contributed by atoms with Crippen LogP contribution in [0.2, 0.25) is 10.0 Å². The molecule has 2 atom stereocenters. The molecule has 3 amide bonds. The summed E-state index contributed by atoms with van der Waals surface area (Å²) in [4.78, 5) is 66.4. The smallest absolute Gasteiger partial charge is 0.341 e. The zero-order valence-corrected chi connectivity index (χ0v) is 23.6. The Morgan fingerprint density at radius 1 is 1.10 bits per heavy atom. The fraction of sp³-hybridized carbons (Fsp3) is 0.321. The van der Waals surface area contributed by atoms with Gasteiger partial charge < -0.3 is 30.4 Å². The van der Waals surface area contributed by atoms with E-state index in [1.165, 1.54) is 19.2 Å². The van der Waals surface area contributed by atoms with Crippen LogP contribution in [0.3, 0.4) is 0 Å². The highest BCUT2D eigenvalue weighted by Crippen LogP contribution is 2.26. The van der Waals surface area contributed by atoms with Crippen LogP contribution in [0.4, 0.5) is 0 Å². The fourth-order valence-corrected chi connectivity index (χ4v) is 5.10. The van der Waals surface area contributed by atoms with Gasteiger partial charge in [-0.1, -0.05) is 35.3 Å². The van der Waals surface area contributed by atoms with E-state index in [9.17, 15) is 24.0 Å². The molecule has 11 nitrogen and oxygen atoms in total. The Labute approximate surface area is 245 Å². The molecule has 1 aliphatic rings.